The van der Waals surface area contributed by atoms with Gasteiger partial charge < -0.3 is 15.5 Å². The van der Waals surface area contributed by atoms with Gasteiger partial charge in [0.2, 0.25) is 0 Å². The first-order valence-electron chi connectivity index (χ1n) is 8.34. The van der Waals surface area contributed by atoms with Crippen molar-refractivity contribution in [2.24, 2.45) is 5.92 Å². The smallest absolute Gasteiger partial charge is 0.255 e. The lowest BCUT2D eigenvalue weighted by Crippen LogP contribution is -2.27. The third-order valence-electron chi connectivity index (χ3n) is 3.70. The number of anilines is 2. The minimum Gasteiger partial charge on any atom is -0.378 e. The Bertz CT molecular complexity index is 737. The average molecular weight is 339 g/mol. The average Bonchev–Trinajstić information content (AvgIpc) is 2.60. The number of carbonyl (C=O) groups is 2. The van der Waals surface area contributed by atoms with Crippen LogP contribution in [-0.2, 0) is 0 Å². The first kappa shape index (κ1) is 18.5. The molecule has 2 amide bonds. The van der Waals surface area contributed by atoms with E-state index in [9.17, 15) is 9.59 Å². The van der Waals surface area contributed by atoms with E-state index in [4.69, 9.17) is 0 Å². The van der Waals surface area contributed by atoms with Crippen LogP contribution in [0.1, 0.15) is 34.6 Å². The fraction of sp³-hybridized carbons (Fsp3) is 0.300. The molecular formula is C20H25N3O2. The topological polar surface area (TPSA) is 61.4 Å². The summed E-state index contributed by atoms with van der Waals surface area (Å²) in [6.07, 6.45) is 0. The fourth-order valence-corrected chi connectivity index (χ4v) is 2.25. The second-order valence-electron chi connectivity index (χ2n) is 6.58. The van der Waals surface area contributed by atoms with Crippen LogP contribution in [0, 0.1) is 5.92 Å². The summed E-state index contributed by atoms with van der Waals surface area (Å²) >= 11 is 0. The van der Waals surface area contributed by atoms with E-state index in [-0.39, 0.29) is 11.8 Å². The van der Waals surface area contributed by atoms with Gasteiger partial charge in [-0.1, -0.05) is 19.9 Å². The summed E-state index contributed by atoms with van der Waals surface area (Å²) in [6.45, 7) is 4.67. The maximum Gasteiger partial charge on any atom is 0.255 e. The van der Waals surface area contributed by atoms with E-state index in [1.165, 1.54) is 0 Å². The molecule has 0 aliphatic heterocycles. The zero-order valence-corrected chi connectivity index (χ0v) is 15.2. The van der Waals surface area contributed by atoms with Crippen LogP contribution in [0.3, 0.4) is 0 Å². The molecule has 0 aromatic heterocycles. The zero-order chi connectivity index (χ0) is 18.4. The number of nitrogens with one attached hydrogen (secondary N) is 2. The third-order valence-corrected chi connectivity index (χ3v) is 3.70. The van der Waals surface area contributed by atoms with Crippen LogP contribution in [0.2, 0.25) is 0 Å². The zero-order valence-electron chi connectivity index (χ0n) is 15.2. The lowest BCUT2D eigenvalue weighted by Gasteiger charge is -2.13. The highest BCUT2D eigenvalue weighted by molar-refractivity contribution is 6.06. The summed E-state index contributed by atoms with van der Waals surface area (Å²) in [6, 6.07) is 14.3. The Morgan fingerprint density at radius 3 is 2.12 bits per heavy atom. The molecule has 2 aromatic carbocycles. The van der Waals surface area contributed by atoms with Gasteiger partial charge in [-0.05, 0) is 48.4 Å². The summed E-state index contributed by atoms with van der Waals surface area (Å²) in [7, 11) is 3.92. The van der Waals surface area contributed by atoms with Crippen LogP contribution in [-0.4, -0.2) is 32.5 Å². The first-order valence-corrected chi connectivity index (χ1v) is 8.34. The highest BCUT2D eigenvalue weighted by atomic mass is 16.2. The normalized spacial score (nSPS) is 10.4. The Labute approximate surface area is 149 Å². The van der Waals surface area contributed by atoms with Crippen molar-refractivity contribution in [1.82, 2.24) is 5.32 Å². The fourth-order valence-electron chi connectivity index (χ4n) is 2.25. The summed E-state index contributed by atoms with van der Waals surface area (Å²) in [4.78, 5) is 26.5. The third kappa shape index (κ3) is 5.35. The molecule has 0 fully saturated rings. The summed E-state index contributed by atoms with van der Waals surface area (Å²) in [5.74, 6) is -0.0321. The lowest BCUT2D eigenvalue weighted by atomic mass is 10.1. The maximum atomic E-state index is 12.4. The van der Waals surface area contributed by atoms with Gasteiger partial charge in [0.15, 0.2) is 0 Å². The van der Waals surface area contributed by atoms with Crippen LogP contribution >= 0.6 is 0 Å². The molecule has 5 heteroatoms. The molecule has 0 bridgehead atoms. The monoisotopic (exact) mass is 339 g/mol. The summed E-state index contributed by atoms with van der Waals surface area (Å²) in [5.41, 5.74) is 2.71. The van der Waals surface area contributed by atoms with Gasteiger partial charge in [0.05, 0.1) is 0 Å². The highest BCUT2D eigenvalue weighted by Crippen LogP contribution is 2.16. The van der Waals surface area contributed by atoms with Gasteiger partial charge in [-0.3, -0.25) is 9.59 Å². The van der Waals surface area contributed by atoms with Gasteiger partial charge in [-0.2, -0.15) is 0 Å². The van der Waals surface area contributed by atoms with Crippen molar-refractivity contribution < 1.29 is 9.59 Å². The molecule has 2 rings (SSSR count). The van der Waals surface area contributed by atoms with E-state index < -0.39 is 0 Å². The van der Waals surface area contributed by atoms with Gasteiger partial charge >= 0.3 is 0 Å². The predicted molar refractivity (Wildman–Crippen MR) is 102 cm³/mol. The molecule has 0 spiro atoms. The molecule has 2 aromatic rings. The summed E-state index contributed by atoms with van der Waals surface area (Å²) in [5, 5.41) is 5.71. The number of nitrogens with zero attached hydrogens (tertiary/aromatic N) is 1. The van der Waals surface area contributed by atoms with Crippen molar-refractivity contribution in [3.05, 3.63) is 59.7 Å². The van der Waals surface area contributed by atoms with Gasteiger partial charge in [-0.15, -0.1) is 0 Å². The molecule has 0 aliphatic rings. The standard InChI is InChI=1S/C20H25N3O2/c1-14(2)13-21-19(24)15-6-5-7-16(12-15)20(25)22-17-8-10-18(11-9-17)23(3)4/h5-12,14H,13H2,1-4H3,(H,21,24)(H,22,25). The van der Waals surface area contributed by atoms with E-state index in [0.717, 1.165) is 5.69 Å². The molecule has 0 saturated carbocycles. The Hall–Kier alpha value is -2.82. The Kier molecular flexibility index (Phi) is 6.17. The van der Waals surface area contributed by atoms with E-state index in [2.05, 4.69) is 10.6 Å². The maximum absolute atomic E-state index is 12.4. The Balaban J connectivity index is 2.06. The largest absolute Gasteiger partial charge is 0.378 e. The van der Waals surface area contributed by atoms with Crippen molar-refractivity contribution in [2.45, 2.75) is 13.8 Å². The molecule has 0 radical (unpaired) electrons. The van der Waals surface area contributed by atoms with Crippen LogP contribution in [0.25, 0.3) is 0 Å². The molecular weight excluding hydrogens is 314 g/mol. The van der Waals surface area contributed by atoms with E-state index >= 15 is 0 Å². The number of amides is 2. The number of carbonyl (C=O) groups excluding carboxylic acids is 2. The number of benzene rings is 2. The molecule has 0 heterocycles. The molecule has 5 nitrogen and oxygen atoms in total. The molecule has 0 saturated heterocycles. The number of hydrogen-bond donors (Lipinski definition) is 2. The van der Waals surface area contributed by atoms with Crippen LogP contribution in [0.4, 0.5) is 11.4 Å². The van der Waals surface area contributed by atoms with Crippen molar-refractivity contribution >= 4 is 23.2 Å². The molecule has 0 atom stereocenters. The first-order chi connectivity index (χ1) is 11.9. The Morgan fingerprint density at radius 1 is 0.960 bits per heavy atom. The summed E-state index contributed by atoms with van der Waals surface area (Å²) < 4.78 is 0. The number of rotatable bonds is 6. The van der Waals surface area contributed by atoms with Crippen molar-refractivity contribution in [3.8, 4) is 0 Å². The van der Waals surface area contributed by atoms with Crippen LogP contribution in [0.15, 0.2) is 48.5 Å². The quantitative estimate of drug-likeness (QED) is 0.848. The second kappa shape index (κ2) is 8.33. The van der Waals surface area contributed by atoms with Crippen molar-refractivity contribution in [2.75, 3.05) is 30.9 Å². The molecule has 0 aliphatic carbocycles. The second-order valence-corrected chi connectivity index (χ2v) is 6.58. The minimum absolute atomic E-state index is 0.168. The van der Waals surface area contributed by atoms with E-state index in [1.807, 2.05) is 57.1 Å². The van der Waals surface area contributed by atoms with Gasteiger partial charge in [0, 0.05) is 43.1 Å². The molecule has 0 unspecified atom stereocenters. The van der Waals surface area contributed by atoms with Gasteiger partial charge in [0.1, 0.15) is 0 Å². The van der Waals surface area contributed by atoms with Crippen molar-refractivity contribution in [1.29, 1.82) is 0 Å². The van der Waals surface area contributed by atoms with E-state index in [1.54, 1.807) is 24.3 Å². The molecule has 2 N–H and O–H groups in total. The predicted octanol–water partition coefficient (Wildman–Crippen LogP) is 3.39. The van der Waals surface area contributed by atoms with Crippen molar-refractivity contribution in [3.63, 3.8) is 0 Å². The number of hydrogen-bond acceptors (Lipinski definition) is 3. The Morgan fingerprint density at radius 2 is 1.56 bits per heavy atom. The highest BCUT2D eigenvalue weighted by Gasteiger charge is 2.11. The van der Waals surface area contributed by atoms with Crippen LogP contribution < -0.4 is 15.5 Å². The molecule has 25 heavy (non-hydrogen) atoms. The minimum atomic E-state index is -0.240. The van der Waals surface area contributed by atoms with Gasteiger partial charge in [0.25, 0.3) is 11.8 Å². The van der Waals surface area contributed by atoms with E-state index in [0.29, 0.717) is 29.3 Å². The SMILES string of the molecule is CC(C)CNC(=O)c1cccc(C(=O)Nc2ccc(N(C)C)cc2)c1. The van der Waals surface area contributed by atoms with Gasteiger partial charge in [-0.25, -0.2) is 0 Å². The lowest BCUT2D eigenvalue weighted by molar-refractivity contribution is 0.0949. The van der Waals surface area contributed by atoms with Crippen LogP contribution in [0.5, 0.6) is 0 Å². The molecule has 132 valence electrons.